The van der Waals surface area contributed by atoms with Crippen LogP contribution in [-0.4, -0.2) is 36.6 Å². The van der Waals surface area contributed by atoms with Gasteiger partial charge < -0.3 is 15.0 Å². The molecule has 1 atom stereocenters. The van der Waals surface area contributed by atoms with Crippen molar-refractivity contribution in [1.29, 1.82) is 0 Å². The van der Waals surface area contributed by atoms with E-state index in [2.05, 4.69) is 42.3 Å². The van der Waals surface area contributed by atoms with Crippen LogP contribution in [0.15, 0.2) is 24.3 Å². The maximum absolute atomic E-state index is 13.1. The van der Waals surface area contributed by atoms with Gasteiger partial charge in [0.2, 0.25) is 0 Å². The second-order valence-corrected chi connectivity index (χ2v) is 8.80. The fraction of sp³-hybridized carbons (Fsp3) is 0.636. The van der Waals surface area contributed by atoms with Crippen molar-refractivity contribution in [1.82, 2.24) is 5.32 Å². The Kier molecular flexibility index (Phi) is 7.28. The van der Waals surface area contributed by atoms with Crippen molar-refractivity contribution in [2.24, 2.45) is 5.92 Å². The molecule has 0 spiro atoms. The zero-order chi connectivity index (χ0) is 20.0. The number of Topliss-reactive ketones (excluding diaryl/α,β-unsaturated/α-hetero) is 1. The van der Waals surface area contributed by atoms with E-state index in [1.165, 1.54) is 5.56 Å². The molecule has 150 valence electrons. The molecule has 0 aliphatic carbocycles. The number of hydrogen-bond donors (Lipinski definition) is 1. The van der Waals surface area contributed by atoms with Crippen LogP contribution in [0.1, 0.15) is 59.4 Å². The highest BCUT2D eigenvalue weighted by atomic mass is 16.6. The van der Waals surface area contributed by atoms with Crippen LogP contribution in [0.5, 0.6) is 0 Å². The van der Waals surface area contributed by atoms with Gasteiger partial charge in [0.15, 0.2) is 5.78 Å². The Labute approximate surface area is 163 Å². The summed E-state index contributed by atoms with van der Waals surface area (Å²) in [5, 5.41) is 2.80. The smallest absolute Gasteiger partial charge is 0.408 e. The number of rotatable bonds is 6. The van der Waals surface area contributed by atoms with E-state index in [0.29, 0.717) is 18.9 Å². The predicted octanol–water partition coefficient (Wildman–Crippen LogP) is 4.34. The van der Waals surface area contributed by atoms with Gasteiger partial charge >= 0.3 is 6.09 Å². The van der Waals surface area contributed by atoms with Crippen LogP contribution in [0.2, 0.25) is 0 Å². The van der Waals surface area contributed by atoms with Gasteiger partial charge in [-0.25, -0.2) is 4.79 Å². The van der Waals surface area contributed by atoms with Crippen molar-refractivity contribution >= 4 is 17.6 Å². The molecule has 5 heteroatoms. The number of anilines is 1. The normalized spacial score (nSPS) is 15.7. The fourth-order valence-corrected chi connectivity index (χ4v) is 3.42. The first kappa shape index (κ1) is 21.3. The molecule has 1 heterocycles. The summed E-state index contributed by atoms with van der Waals surface area (Å²) in [6.07, 6.45) is 3.32. The summed E-state index contributed by atoms with van der Waals surface area (Å²) in [6.45, 7) is 10.7. The number of amides is 1. The molecule has 0 saturated carbocycles. The quantitative estimate of drug-likeness (QED) is 0.805. The molecule has 1 aromatic carbocycles. The van der Waals surface area contributed by atoms with Gasteiger partial charge in [0.25, 0.3) is 0 Å². The Morgan fingerprint density at radius 3 is 2.56 bits per heavy atom. The van der Waals surface area contributed by atoms with E-state index >= 15 is 0 Å². The first-order valence-corrected chi connectivity index (χ1v) is 10.0. The highest BCUT2D eigenvalue weighted by molar-refractivity contribution is 5.91. The fourth-order valence-electron chi connectivity index (χ4n) is 3.42. The molecule has 0 radical (unpaired) electrons. The van der Waals surface area contributed by atoms with Crippen LogP contribution >= 0.6 is 0 Å². The van der Waals surface area contributed by atoms with Gasteiger partial charge in [-0.05, 0) is 64.0 Å². The summed E-state index contributed by atoms with van der Waals surface area (Å²) in [5.74, 6) is 0.330. The number of alkyl carbamates (subject to hydrolysis) is 1. The van der Waals surface area contributed by atoms with Crippen molar-refractivity contribution in [3.05, 3.63) is 29.8 Å². The molecule has 0 aromatic heterocycles. The number of para-hydroxylation sites is 1. The second kappa shape index (κ2) is 9.25. The Hall–Kier alpha value is -2.04. The summed E-state index contributed by atoms with van der Waals surface area (Å²) in [5.41, 5.74) is 1.85. The zero-order valence-electron chi connectivity index (χ0n) is 17.4. The average Bonchev–Trinajstić information content (AvgIpc) is 2.74. The summed E-state index contributed by atoms with van der Waals surface area (Å²) in [6, 6.07) is 7.77. The molecule has 0 saturated heterocycles. The van der Waals surface area contributed by atoms with Crippen LogP contribution in [-0.2, 0) is 16.0 Å². The largest absolute Gasteiger partial charge is 0.444 e. The topological polar surface area (TPSA) is 58.6 Å². The lowest BCUT2D eigenvalue weighted by Crippen LogP contribution is -2.47. The third-order valence-corrected chi connectivity index (χ3v) is 4.59. The van der Waals surface area contributed by atoms with E-state index in [1.807, 2.05) is 26.8 Å². The summed E-state index contributed by atoms with van der Waals surface area (Å²) < 4.78 is 5.35. The van der Waals surface area contributed by atoms with Crippen LogP contribution in [0, 0.1) is 5.92 Å². The van der Waals surface area contributed by atoms with Crippen molar-refractivity contribution < 1.29 is 14.3 Å². The number of nitrogens with one attached hydrogen (secondary N) is 1. The molecule has 1 aromatic rings. The molecule has 0 bridgehead atoms. The van der Waals surface area contributed by atoms with Crippen molar-refractivity contribution in [2.75, 3.05) is 18.0 Å². The maximum atomic E-state index is 13.1. The summed E-state index contributed by atoms with van der Waals surface area (Å²) in [7, 11) is 0. The van der Waals surface area contributed by atoms with Crippen molar-refractivity contribution in [3.8, 4) is 0 Å². The number of ketones is 1. The molecule has 1 amide bonds. The Morgan fingerprint density at radius 2 is 1.89 bits per heavy atom. The molecule has 27 heavy (non-hydrogen) atoms. The van der Waals surface area contributed by atoms with Crippen molar-refractivity contribution in [3.63, 3.8) is 0 Å². The highest BCUT2D eigenvalue weighted by Crippen LogP contribution is 2.26. The highest BCUT2D eigenvalue weighted by Gasteiger charge is 2.27. The first-order chi connectivity index (χ1) is 12.7. The van der Waals surface area contributed by atoms with E-state index in [-0.39, 0.29) is 5.78 Å². The molecule has 1 aliphatic heterocycles. The Balaban J connectivity index is 2.10. The van der Waals surface area contributed by atoms with Gasteiger partial charge in [-0.2, -0.15) is 0 Å². The van der Waals surface area contributed by atoms with E-state index in [0.717, 1.165) is 31.5 Å². The van der Waals surface area contributed by atoms with Gasteiger partial charge in [-0.15, -0.1) is 0 Å². The Morgan fingerprint density at radius 1 is 1.19 bits per heavy atom. The van der Waals surface area contributed by atoms with E-state index in [9.17, 15) is 9.59 Å². The summed E-state index contributed by atoms with van der Waals surface area (Å²) in [4.78, 5) is 27.4. The van der Waals surface area contributed by atoms with Crippen LogP contribution in [0.3, 0.4) is 0 Å². The number of aryl methyl sites for hydroxylation is 1. The number of carbonyl (C=O) groups excluding carboxylic acids is 2. The minimum atomic E-state index is -0.584. The Bertz CT molecular complexity index is 649. The third-order valence-electron chi connectivity index (χ3n) is 4.59. The number of fused-ring (bicyclic) bond motifs is 1. The predicted molar refractivity (Wildman–Crippen MR) is 109 cm³/mol. The lowest BCUT2D eigenvalue weighted by Gasteiger charge is -2.28. The third kappa shape index (κ3) is 6.89. The van der Waals surface area contributed by atoms with Gasteiger partial charge in [0.1, 0.15) is 5.60 Å². The minimum Gasteiger partial charge on any atom is -0.444 e. The minimum absolute atomic E-state index is 0.0336. The number of carbonyl (C=O) groups is 2. The molecular formula is C22H34N2O3. The summed E-state index contributed by atoms with van der Waals surface area (Å²) >= 11 is 0. The van der Waals surface area contributed by atoms with Crippen LogP contribution < -0.4 is 10.2 Å². The lowest BCUT2D eigenvalue weighted by atomic mass is 9.99. The number of benzene rings is 1. The van der Waals surface area contributed by atoms with Crippen LogP contribution in [0.4, 0.5) is 10.5 Å². The SMILES string of the molecule is CC(C)CC(NC(=O)OC(C)(C)C)C(=O)CN1CCCCc2ccccc21. The lowest BCUT2D eigenvalue weighted by molar-refractivity contribution is -0.120. The molecule has 5 nitrogen and oxygen atoms in total. The maximum Gasteiger partial charge on any atom is 0.408 e. The standard InChI is InChI=1S/C22H34N2O3/c1-16(2)14-18(23-21(26)27-22(3,4)5)20(25)15-24-13-9-8-11-17-10-6-7-12-19(17)24/h6-7,10,12,16,18H,8-9,11,13-15H2,1-5H3,(H,23,26). The number of nitrogens with zero attached hydrogens (tertiary/aromatic N) is 1. The second-order valence-electron chi connectivity index (χ2n) is 8.80. The molecule has 1 N–H and O–H groups in total. The van der Waals surface area contributed by atoms with Crippen LogP contribution in [0.25, 0.3) is 0 Å². The van der Waals surface area contributed by atoms with Crippen molar-refractivity contribution in [2.45, 2.75) is 71.9 Å². The van der Waals surface area contributed by atoms with Gasteiger partial charge in [0.05, 0.1) is 12.6 Å². The molecule has 1 unspecified atom stereocenters. The number of hydrogen-bond acceptors (Lipinski definition) is 4. The van der Waals surface area contributed by atoms with Gasteiger partial charge in [-0.1, -0.05) is 32.0 Å². The van der Waals surface area contributed by atoms with Gasteiger partial charge in [0, 0.05) is 12.2 Å². The molecule has 2 rings (SSSR count). The van der Waals surface area contributed by atoms with E-state index in [4.69, 9.17) is 4.74 Å². The zero-order valence-corrected chi connectivity index (χ0v) is 17.4. The molecular weight excluding hydrogens is 340 g/mol. The average molecular weight is 375 g/mol. The first-order valence-electron chi connectivity index (χ1n) is 10.0. The molecule has 0 fully saturated rings. The number of ether oxygens (including phenoxy) is 1. The molecule has 1 aliphatic rings. The van der Waals surface area contributed by atoms with E-state index in [1.54, 1.807) is 0 Å². The monoisotopic (exact) mass is 374 g/mol. The van der Waals surface area contributed by atoms with Gasteiger partial charge in [-0.3, -0.25) is 4.79 Å². The van der Waals surface area contributed by atoms with E-state index < -0.39 is 17.7 Å².